The van der Waals surface area contributed by atoms with Gasteiger partial charge in [-0.05, 0) is 54.4 Å². The van der Waals surface area contributed by atoms with Crippen LogP contribution in [0.3, 0.4) is 0 Å². The van der Waals surface area contributed by atoms with Crippen LogP contribution in [0.1, 0.15) is 11.1 Å². The molecule has 0 bridgehead atoms. The summed E-state index contributed by atoms with van der Waals surface area (Å²) < 4.78 is 27.3. The van der Waals surface area contributed by atoms with E-state index in [-0.39, 0.29) is 9.80 Å². The van der Waals surface area contributed by atoms with Crippen LogP contribution in [0.2, 0.25) is 0 Å². The minimum absolute atomic E-state index is 0.0909. The fourth-order valence-electron chi connectivity index (χ4n) is 2.70. The summed E-state index contributed by atoms with van der Waals surface area (Å²) in [5, 5.41) is 13.3. The van der Waals surface area contributed by atoms with E-state index < -0.39 is 9.84 Å². The molecule has 0 atom stereocenters. The van der Waals surface area contributed by atoms with E-state index in [9.17, 15) is 13.7 Å². The molecule has 0 aliphatic heterocycles. The first kappa shape index (κ1) is 22.2. The third kappa shape index (κ3) is 5.33. The number of aryl methyl sites for hydroxylation is 1. The maximum Gasteiger partial charge on any atom is 0.219 e. The highest BCUT2D eigenvalue weighted by Crippen LogP contribution is 2.32. The van der Waals surface area contributed by atoms with Gasteiger partial charge < -0.3 is 5.32 Å². The number of halogens is 1. The van der Waals surface area contributed by atoms with Crippen molar-refractivity contribution < 1.29 is 8.42 Å². The van der Waals surface area contributed by atoms with Crippen molar-refractivity contribution in [3.63, 3.8) is 0 Å². The molecular formula is C23H19BrN2O2S2. The molecular weight excluding hydrogens is 480 g/mol. The van der Waals surface area contributed by atoms with Crippen molar-refractivity contribution >= 4 is 43.2 Å². The molecule has 0 spiro atoms. The molecule has 3 aromatic rings. The molecule has 0 aliphatic carbocycles. The normalized spacial score (nSPS) is 12.0. The van der Waals surface area contributed by atoms with E-state index in [1.165, 1.54) is 23.9 Å². The number of rotatable bonds is 7. The third-order valence-corrected chi connectivity index (χ3v) is 7.80. The zero-order chi connectivity index (χ0) is 21.6. The number of benzene rings is 3. The van der Waals surface area contributed by atoms with Gasteiger partial charge in [-0.25, -0.2) is 8.42 Å². The largest absolute Gasteiger partial charge is 0.349 e. The van der Waals surface area contributed by atoms with Gasteiger partial charge in [0.2, 0.25) is 9.84 Å². The number of anilines is 1. The lowest BCUT2D eigenvalue weighted by Gasteiger charge is -2.15. The van der Waals surface area contributed by atoms with Crippen LogP contribution in [0.5, 0.6) is 0 Å². The number of allylic oxidation sites excluding steroid dienone is 1. The van der Waals surface area contributed by atoms with Crippen molar-refractivity contribution in [2.75, 3.05) is 5.32 Å². The summed E-state index contributed by atoms with van der Waals surface area (Å²) in [7, 11) is -3.97. The van der Waals surface area contributed by atoms with Crippen LogP contribution < -0.4 is 5.32 Å². The highest BCUT2D eigenvalue weighted by molar-refractivity contribution is 9.10. The molecule has 3 aromatic carbocycles. The molecule has 4 nitrogen and oxygen atoms in total. The van der Waals surface area contributed by atoms with Crippen LogP contribution in [0.4, 0.5) is 5.69 Å². The quantitative estimate of drug-likeness (QED) is 0.388. The van der Waals surface area contributed by atoms with E-state index in [0.717, 1.165) is 15.6 Å². The number of sulfone groups is 1. The summed E-state index contributed by atoms with van der Waals surface area (Å²) in [5.41, 5.74) is 2.88. The molecule has 7 heteroatoms. The fourth-order valence-corrected chi connectivity index (χ4v) is 5.62. The zero-order valence-corrected chi connectivity index (χ0v) is 19.4. The van der Waals surface area contributed by atoms with E-state index in [2.05, 4.69) is 21.2 Å². The minimum atomic E-state index is -3.97. The Kier molecular flexibility index (Phi) is 7.38. The number of hydrogen-bond acceptors (Lipinski definition) is 5. The minimum Gasteiger partial charge on any atom is -0.349 e. The van der Waals surface area contributed by atoms with Crippen LogP contribution in [0.15, 0.2) is 98.2 Å². The predicted molar refractivity (Wildman–Crippen MR) is 127 cm³/mol. The second kappa shape index (κ2) is 9.98. The Morgan fingerprint density at radius 2 is 1.63 bits per heavy atom. The maximum atomic E-state index is 13.2. The summed E-state index contributed by atoms with van der Waals surface area (Å²) in [6.45, 7) is 2.01. The van der Waals surface area contributed by atoms with Crippen molar-refractivity contribution in [2.24, 2.45) is 0 Å². The van der Waals surface area contributed by atoms with Crippen LogP contribution in [-0.4, -0.2) is 8.42 Å². The van der Waals surface area contributed by atoms with Crippen LogP contribution in [0.25, 0.3) is 0 Å². The second-order valence-corrected chi connectivity index (χ2v) is 10.2. The molecule has 0 fully saturated rings. The summed E-state index contributed by atoms with van der Waals surface area (Å²) in [4.78, 5) is -0.205. The van der Waals surface area contributed by atoms with Gasteiger partial charge in [0.1, 0.15) is 11.1 Å². The fraction of sp³-hybridized carbons (Fsp3) is 0.0870. The summed E-state index contributed by atoms with van der Waals surface area (Å²) in [5.74, 6) is 0.529. The Morgan fingerprint density at radius 3 is 2.27 bits per heavy atom. The van der Waals surface area contributed by atoms with Crippen molar-refractivity contribution in [3.05, 3.63) is 104 Å². The smallest absolute Gasteiger partial charge is 0.219 e. The Bertz CT molecular complexity index is 1200. The molecule has 3 rings (SSSR count). The summed E-state index contributed by atoms with van der Waals surface area (Å²) in [6.07, 6.45) is 0. The molecule has 0 radical (unpaired) electrons. The van der Waals surface area contributed by atoms with Gasteiger partial charge in [0.15, 0.2) is 4.91 Å². The zero-order valence-electron chi connectivity index (χ0n) is 16.2. The average Bonchev–Trinajstić information content (AvgIpc) is 2.75. The molecule has 30 heavy (non-hydrogen) atoms. The molecule has 0 heterocycles. The van der Waals surface area contributed by atoms with Crippen molar-refractivity contribution in [2.45, 2.75) is 17.6 Å². The van der Waals surface area contributed by atoms with Crippen LogP contribution >= 0.6 is 27.7 Å². The summed E-state index contributed by atoms with van der Waals surface area (Å²) >= 11 is 4.69. The second-order valence-electron chi connectivity index (χ2n) is 6.43. The Hall–Kier alpha value is -2.53. The van der Waals surface area contributed by atoms with Gasteiger partial charge in [0, 0.05) is 15.9 Å². The molecule has 0 amide bonds. The number of hydrogen-bond donors (Lipinski definition) is 1. The topological polar surface area (TPSA) is 70.0 Å². The van der Waals surface area contributed by atoms with Gasteiger partial charge in [-0.15, -0.1) is 11.8 Å². The molecule has 0 unspecified atom stereocenters. The summed E-state index contributed by atoms with van der Waals surface area (Å²) in [6, 6.07) is 25.2. The lowest BCUT2D eigenvalue weighted by Crippen LogP contribution is -2.10. The van der Waals surface area contributed by atoms with E-state index in [0.29, 0.717) is 16.5 Å². The van der Waals surface area contributed by atoms with Crippen LogP contribution in [0, 0.1) is 18.3 Å². The van der Waals surface area contributed by atoms with Crippen molar-refractivity contribution in [3.8, 4) is 6.07 Å². The van der Waals surface area contributed by atoms with Crippen molar-refractivity contribution in [1.29, 1.82) is 5.26 Å². The Labute approximate surface area is 189 Å². The van der Waals surface area contributed by atoms with E-state index in [1.807, 2.05) is 61.5 Å². The first-order valence-corrected chi connectivity index (χ1v) is 12.3. The van der Waals surface area contributed by atoms with Gasteiger partial charge in [-0.1, -0.05) is 58.4 Å². The first-order valence-electron chi connectivity index (χ1n) is 9.06. The highest BCUT2D eigenvalue weighted by Gasteiger charge is 2.25. The van der Waals surface area contributed by atoms with Gasteiger partial charge in [-0.2, -0.15) is 5.26 Å². The Balaban J connectivity index is 2.04. The third-order valence-electron chi connectivity index (χ3n) is 4.37. The maximum absolute atomic E-state index is 13.2. The monoisotopic (exact) mass is 498 g/mol. The van der Waals surface area contributed by atoms with Gasteiger partial charge in [0.25, 0.3) is 0 Å². The molecule has 0 aliphatic rings. The number of nitriles is 1. The van der Waals surface area contributed by atoms with Gasteiger partial charge >= 0.3 is 0 Å². The molecule has 152 valence electrons. The molecule has 0 aromatic heterocycles. The lowest BCUT2D eigenvalue weighted by atomic mass is 10.1. The van der Waals surface area contributed by atoms with E-state index >= 15 is 0 Å². The number of nitrogens with one attached hydrogen (secondary N) is 1. The molecule has 0 saturated carbocycles. The Morgan fingerprint density at radius 1 is 1.00 bits per heavy atom. The SMILES string of the molecule is Cc1ccccc1CS/C(Nc1ccc(Br)cc1)=C(\C#N)S(=O)(=O)c1ccccc1. The first-order chi connectivity index (χ1) is 14.4. The van der Waals surface area contributed by atoms with Gasteiger partial charge in [0.05, 0.1) is 4.90 Å². The average molecular weight is 499 g/mol. The van der Waals surface area contributed by atoms with Crippen molar-refractivity contribution in [1.82, 2.24) is 0 Å². The number of nitrogens with zero attached hydrogens (tertiary/aromatic N) is 1. The molecule has 0 saturated heterocycles. The lowest BCUT2D eigenvalue weighted by molar-refractivity contribution is 0.603. The van der Waals surface area contributed by atoms with E-state index in [1.54, 1.807) is 18.2 Å². The predicted octanol–water partition coefficient (Wildman–Crippen LogP) is 6.27. The highest BCUT2D eigenvalue weighted by atomic mass is 79.9. The number of thioether (sulfide) groups is 1. The van der Waals surface area contributed by atoms with E-state index in [4.69, 9.17) is 0 Å². The molecule has 1 N–H and O–H groups in total. The standard InChI is InChI=1S/C23H19BrN2O2S2/c1-17-7-5-6-8-18(17)16-29-23(26-20-13-11-19(24)12-14-20)22(15-25)30(27,28)21-9-3-2-4-10-21/h2-14,26H,16H2,1H3/b23-22+. The van der Waals surface area contributed by atoms with Gasteiger partial charge in [-0.3, -0.25) is 0 Å². The van der Waals surface area contributed by atoms with Crippen LogP contribution in [-0.2, 0) is 15.6 Å².